The molecule has 0 atom stereocenters. The van der Waals surface area contributed by atoms with Crippen molar-refractivity contribution in [1.82, 2.24) is 15.3 Å². The Hall–Kier alpha value is -1.01. The molecule has 0 unspecified atom stereocenters. The number of hydrogen-bond donors (Lipinski definition) is 1. The number of aromatic nitrogens is 2. The van der Waals surface area contributed by atoms with E-state index in [2.05, 4.69) is 15.3 Å². The quantitative estimate of drug-likeness (QED) is 0.400. The lowest BCUT2D eigenvalue weighted by atomic mass is 10.2. The summed E-state index contributed by atoms with van der Waals surface area (Å²) in [6.07, 6.45) is 4.53. The Morgan fingerprint density at radius 3 is 2.74 bits per heavy atom. The predicted octanol–water partition coefficient (Wildman–Crippen LogP) is 4.45. The Morgan fingerprint density at radius 1 is 1.22 bits per heavy atom. The first-order chi connectivity index (χ1) is 11.2. The van der Waals surface area contributed by atoms with Gasteiger partial charge in [0.15, 0.2) is 5.16 Å². The molecule has 0 aliphatic heterocycles. The Kier molecular flexibility index (Phi) is 7.95. The summed E-state index contributed by atoms with van der Waals surface area (Å²) in [6, 6.07) is 5.41. The third-order valence-corrected chi connectivity index (χ3v) is 4.42. The van der Waals surface area contributed by atoms with Crippen LogP contribution in [0, 0.1) is 0 Å². The molecule has 0 radical (unpaired) electrons. The molecule has 124 valence electrons. The van der Waals surface area contributed by atoms with Gasteiger partial charge >= 0.3 is 0 Å². The summed E-state index contributed by atoms with van der Waals surface area (Å²) < 4.78 is 5.61. The molecular formula is C16H19Cl2N3OS. The number of halogens is 2. The summed E-state index contributed by atoms with van der Waals surface area (Å²) in [6.45, 7) is 4.06. The van der Waals surface area contributed by atoms with Crippen LogP contribution >= 0.6 is 35.0 Å². The second-order valence-corrected chi connectivity index (χ2v) is 6.62. The van der Waals surface area contributed by atoms with Gasteiger partial charge in [-0.3, -0.25) is 0 Å². The molecule has 0 fully saturated rings. The zero-order valence-electron chi connectivity index (χ0n) is 12.9. The largest absolute Gasteiger partial charge is 0.492 e. The van der Waals surface area contributed by atoms with Crippen LogP contribution in [0.1, 0.15) is 18.9 Å². The van der Waals surface area contributed by atoms with Crippen molar-refractivity contribution in [3.63, 3.8) is 0 Å². The maximum atomic E-state index is 6.19. The first-order valence-corrected chi connectivity index (χ1v) is 9.16. The lowest BCUT2D eigenvalue weighted by molar-refractivity contribution is 0.335. The molecule has 0 amide bonds. The average molecular weight is 372 g/mol. The van der Waals surface area contributed by atoms with Gasteiger partial charge in [-0.1, -0.05) is 35.0 Å². The first kappa shape index (κ1) is 18.3. The summed E-state index contributed by atoms with van der Waals surface area (Å²) in [5, 5.41) is 5.37. The fourth-order valence-electron chi connectivity index (χ4n) is 1.99. The molecule has 0 aliphatic rings. The standard InChI is InChI=1S/C16H19Cl2N3OS/c1-2-22-15-12(9-13(17)10-14(15)18)11-19-5-4-8-23-16-20-6-3-7-21-16/h3,6-7,9-10,19H,2,4-5,8,11H2,1H3. The van der Waals surface area contributed by atoms with Gasteiger partial charge in [0.1, 0.15) is 5.75 Å². The van der Waals surface area contributed by atoms with Crippen LogP contribution in [-0.4, -0.2) is 28.9 Å². The smallest absolute Gasteiger partial charge is 0.187 e. The van der Waals surface area contributed by atoms with Crippen molar-refractivity contribution in [2.45, 2.75) is 25.0 Å². The van der Waals surface area contributed by atoms with Crippen molar-refractivity contribution in [3.8, 4) is 5.75 Å². The molecule has 23 heavy (non-hydrogen) atoms. The van der Waals surface area contributed by atoms with Crippen molar-refractivity contribution >= 4 is 35.0 Å². The Bertz CT molecular complexity index is 614. The number of nitrogens with one attached hydrogen (secondary N) is 1. The van der Waals surface area contributed by atoms with E-state index in [9.17, 15) is 0 Å². The number of rotatable bonds is 9. The van der Waals surface area contributed by atoms with E-state index in [1.807, 2.05) is 19.1 Å². The summed E-state index contributed by atoms with van der Waals surface area (Å²) in [5.74, 6) is 1.67. The number of ether oxygens (including phenoxy) is 1. The summed E-state index contributed by atoms with van der Waals surface area (Å²) in [5.41, 5.74) is 0.975. The third kappa shape index (κ3) is 6.18. The molecule has 2 aromatic rings. The minimum absolute atomic E-state index is 0.549. The molecule has 0 saturated carbocycles. The molecule has 1 N–H and O–H groups in total. The zero-order chi connectivity index (χ0) is 16.5. The Balaban J connectivity index is 1.75. The van der Waals surface area contributed by atoms with Gasteiger partial charge in [0.2, 0.25) is 0 Å². The van der Waals surface area contributed by atoms with Crippen LogP contribution < -0.4 is 10.1 Å². The van der Waals surface area contributed by atoms with Crippen molar-refractivity contribution in [3.05, 3.63) is 46.2 Å². The Labute approximate surface area is 151 Å². The van der Waals surface area contributed by atoms with Gasteiger partial charge < -0.3 is 10.1 Å². The van der Waals surface area contributed by atoms with Gasteiger partial charge in [-0.2, -0.15) is 0 Å². The summed E-state index contributed by atoms with van der Waals surface area (Å²) >= 11 is 13.9. The topological polar surface area (TPSA) is 47.0 Å². The van der Waals surface area contributed by atoms with Gasteiger partial charge in [0.05, 0.1) is 11.6 Å². The highest BCUT2D eigenvalue weighted by molar-refractivity contribution is 7.99. The lowest BCUT2D eigenvalue weighted by Crippen LogP contribution is -2.16. The normalized spacial score (nSPS) is 10.7. The van der Waals surface area contributed by atoms with Gasteiger partial charge in [-0.25, -0.2) is 9.97 Å². The number of nitrogens with zero attached hydrogens (tertiary/aromatic N) is 2. The third-order valence-electron chi connectivity index (χ3n) is 2.96. The van der Waals surface area contributed by atoms with Gasteiger partial charge in [0.25, 0.3) is 0 Å². The fraction of sp³-hybridized carbons (Fsp3) is 0.375. The maximum absolute atomic E-state index is 6.19. The molecule has 4 nitrogen and oxygen atoms in total. The van der Waals surface area contributed by atoms with Crippen LogP contribution in [0.3, 0.4) is 0 Å². The van der Waals surface area contributed by atoms with Crippen LogP contribution in [-0.2, 0) is 6.54 Å². The SMILES string of the molecule is CCOc1c(Cl)cc(Cl)cc1CNCCCSc1ncccn1. The van der Waals surface area contributed by atoms with Crippen LogP contribution in [0.15, 0.2) is 35.7 Å². The van der Waals surface area contributed by atoms with E-state index in [-0.39, 0.29) is 0 Å². The highest BCUT2D eigenvalue weighted by Crippen LogP contribution is 2.32. The number of thioether (sulfide) groups is 1. The minimum Gasteiger partial charge on any atom is -0.492 e. The molecule has 0 saturated heterocycles. The monoisotopic (exact) mass is 371 g/mol. The van der Waals surface area contributed by atoms with Crippen molar-refractivity contribution in [2.24, 2.45) is 0 Å². The molecule has 1 aromatic carbocycles. The molecule has 1 heterocycles. The Morgan fingerprint density at radius 2 is 2.00 bits per heavy atom. The van der Waals surface area contributed by atoms with E-state index in [1.54, 1.807) is 30.2 Å². The van der Waals surface area contributed by atoms with Crippen LogP contribution in [0.4, 0.5) is 0 Å². The molecule has 2 rings (SSSR count). The van der Waals surface area contributed by atoms with Crippen molar-refractivity contribution < 1.29 is 4.74 Å². The van der Waals surface area contributed by atoms with Gasteiger partial charge in [-0.05, 0) is 38.1 Å². The fourth-order valence-corrected chi connectivity index (χ4v) is 3.33. The van der Waals surface area contributed by atoms with E-state index in [0.29, 0.717) is 28.9 Å². The zero-order valence-corrected chi connectivity index (χ0v) is 15.2. The van der Waals surface area contributed by atoms with Crippen LogP contribution in [0.5, 0.6) is 5.75 Å². The van der Waals surface area contributed by atoms with Crippen LogP contribution in [0.2, 0.25) is 10.0 Å². The first-order valence-electron chi connectivity index (χ1n) is 7.42. The summed E-state index contributed by atoms with van der Waals surface area (Å²) in [4.78, 5) is 8.36. The molecule has 1 aromatic heterocycles. The van der Waals surface area contributed by atoms with E-state index in [0.717, 1.165) is 29.4 Å². The van der Waals surface area contributed by atoms with Crippen molar-refractivity contribution in [2.75, 3.05) is 18.9 Å². The molecule has 0 aliphatic carbocycles. The second-order valence-electron chi connectivity index (χ2n) is 4.72. The minimum atomic E-state index is 0.549. The molecule has 0 bridgehead atoms. The lowest BCUT2D eigenvalue weighted by Gasteiger charge is -2.13. The van der Waals surface area contributed by atoms with Gasteiger partial charge in [0, 0.05) is 35.3 Å². The molecule has 7 heteroatoms. The van der Waals surface area contributed by atoms with Crippen molar-refractivity contribution in [1.29, 1.82) is 0 Å². The predicted molar refractivity (Wildman–Crippen MR) is 96.7 cm³/mol. The number of hydrogen-bond acceptors (Lipinski definition) is 5. The molecular weight excluding hydrogens is 353 g/mol. The summed E-state index contributed by atoms with van der Waals surface area (Å²) in [7, 11) is 0. The van der Waals surface area contributed by atoms with E-state index in [1.165, 1.54) is 0 Å². The van der Waals surface area contributed by atoms with E-state index in [4.69, 9.17) is 27.9 Å². The second kappa shape index (κ2) is 9.98. The van der Waals surface area contributed by atoms with E-state index < -0.39 is 0 Å². The average Bonchev–Trinajstić information content (AvgIpc) is 2.54. The van der Waals surface area contributed by atoms with Crippen LogP contribution in [0.25, 0.3) is 0 Å². The highest BCUT2D eigenvalue weighted by Gasteiger charge is 2.10. The van der Waals surface area contributed by atoms with Gasteiger partial charge in [-0.15, -0.1) is 0 Å². The highest BCUT2D eigenvalue weighted by atomic mass is 35.5. The maximum Gasteiger partial charge on any atom is 0.187 e. The number of benzene rings is 1. The van der Waals surface area contributed by atoms with E-state index >= 15 is 0 Å². The molecule has 0 spiro atoms.